The van der Waals surface area contributed by atoms with E-state index in [2.05, 4.69) is 47.6 Å². The molecule has 0 radical (unpaired) electrons. The van der Waals surface area contributed by atoms with Gasteiger partial charge >= 0.3 is 0 Å². The molecule has 2 atom stereocenters. The predicted octanol–water partition coefficient (Wildman–Crippen LogP) is 2.18. The summed E-state index contributed by atoms with van der Waals surface area (Å²) in [6.45, 7) is 9.35. The summed E-state index contributed by atoms with van der Waals surface area (Å²) < 4.78 is 0. The van der Waals surface area contributed by atoms with Crippen LogP contribution in [-0.2, 0) is 6.54 Å². The van der Waals surface area contributed by atoms with Crippen LogP contribution in [0.15, 0.2) is 12.1 Å². The van der Waals surface area contributed by atoms with E-state index in [9.17, 15) is 0 Å². The van der Waals surface area contributed by atoms with Gasteiger partial charge in [-0.1, -0.05) is 13.8 Å². The van der Waals surface area contributed by atoms with E-state index in [-0.39, 0.29) is 0 Å². The molecule has 1 aromatic heterocycles. The molecule has 1 fully saturated rings. The van der Waals surface area contributed by atoms with Crippen molar-refractivity contribution in [2.24, 2.45) is 5.73 Å². The molecule has 17 heavy (non-hydrogen) atoms. The Labute approximate surface area is 108 Å². The molecule has 1 aliphatic rings. The number of aryl methyl sites for hydroxylation is 1. The van der Waals surface area contributed by atoms with Crippen LogP contribution in [0.25, 0.3) is 0 Å². The molecule has 1 saturated heterocycles. The van der Waals surface area contributed by atoms with Crippen molar-refractivity contribution in [2.75, 3.05) is 18.0 Å². The average molecular weight is 251 g/mol. The summed E-state index contributed by atoms with van der Waals surface area (Å²) in [6, 6.07) is 4.19. The van der Waals surface area contributed by atoms with Crippen molar-refractivity contribution in [3.05, 3.63) is 23.4 Å². The molecule has 2 rings (SSSR count). The fourth-order valence-electron chi connectivity index (χ4n) is 2.37. The molecule has 0 aliphatic carbocycles. The van der Waals surface area contributed by atoms with Crippen LogP contribution >= 0.6 is 11.8 Å². The molecule has 4 heteroatoms. The minimum Gasteiger partial charge on any atom is -0.354 e. The van der Waals surface area contributed by atoms with Gasteiger partial charge in [0.15, 0.2) is 0 Å². The number of thioether (sulfide) groups is 1. The van der Waals surface area contributed by atoms with Crippen molar-refractivity contribution in [3.63, 3.8) is 0 Å². The van der Waals surface area contributed by atoms with Gasteiger partial charge in [0, 0.05) is 35.8 Å². The maximum Gasteiger partial charge on any atom is 0.129 e. The van der Waals surface area contributed by atoms with E-state index in [0.717, 1.165) is 24.6 Å². The third-order valence-electron chi connectivity index (χ3n) is 2.98. The number of hydrogen-bond acceptors (Lipinski definition) is 4. The Bertz CT molecular complexity index is 384. The smallest absolute Gasteiger partial charge is 0.129 e. The van der Waals surface area contributed by atoms with Crippen molar-refractivity contribution >= 4 is 17.6 Å². The Hall–Kier alpha value is -0.740. The normalized spacial score (nSPS) is 25.1. The molecular formula is C13H21N3S. The van der Waals surface area contributed by atoms with Crippen molar-refractivity contribution in [2.45, 2.75) is 37.8 Å². The van der Waals surface area contributed by atoms with Crippen LogP contribution in [0.1, 0.15) is 25.1 Å². The second kappa shape index (κ2) is 5.27. The quantitative estimate of drug-likeness (QED) is 0.875. The first-order chi connectivity index (χ1) is 8.08. The molecule has 1 aromatic rings. The average Bonchev–Trinajstić information content (AvgIpc) is 2.26. The lowest BCUT2D eigenvalue weighted by molar-refractivity contribution is 0.716. The van der Waals surface area contributed by atoms with E-state index >= 15 is 0 Å². The number of aromatic nitrogens is 1. The van der Waals surface area contributed by atoms with Crippen molar-refractivity contribution in [1.82, 2.24) is 4.98 Å². The fourth-order valence-corrected chi connectivity index (χ4v) is 3.69. The zero-order valence-corrected chi connectivity index (χ0v) is 11.6. The summed E-state index contributed by atoms with van der Waals surface area (Å²) in [6.07, 6.45) is 0. The Morgan fingerprint density at radius 3 is 2.59 bits per heavy atom. The van der Waals surface area contributed by atoms with Gasteiger partial charge in [0.1, 0.15) is 5.82 Å². The third-order valence-corrected chi connectivity index (χ3v) is 4.21. The second-order valence-corrected chi connectivity index (χ2v) is 6.72. The molecule has 2 N–H and O–H groups in total. The number of pyridine rings is 1. The molecule has 0 saturated carbocycles. The lowest BCUT2D eigenvalue weighted by Gasteiger charge is -2.35. The van der Waals surface area contributed by atoms with Gasteiger partial charge in [-0.15, -0.1) is 0 Å². The van der Waals surface area contributed by atoms with E-state index in [1.807, 2.05) is 6.92 Å². The summed E-state index contributed by atoms with van der Waals surface area (Å²) in [5, 5.41) is 1.34. The Morgan fingerprint density at radius 2 is 2.00 bits per heavy atom. The zero-order valence-electron chi connectivity index (χ0n) is 10.8. The lowest BCUT2D eigenvalue weighted by atomic mass is 10.2. The van der Waals surface area contributed by atoms with Crippen molar-refractivity contribution in [1.29, 1.82) is 0 Å². The van der Waals surface area contributed by atoms with Crippen LogP contribution in [0, 0.1) is 6.92 Å². The summed E-state index contributed by atoms with van der Waals surface area (Å²) in [4.78, 5) is 7.02. The minimum absolute atomic E-state index is 0.587. The standard InChI is InChI=1S/C13H21N3S/c1-9-4-12(6-14)5-13(15-9)16-7-10(2)17-11(3)8-16/h4-5,10-11H,6-8,14H2,1-3H3. The molecule has 0 spiro atoms. The summed E-state index contributed by atoms with van der Waals surface area (Å²) >= 11 is 2.06. The van der Waals surface area contributed by atoms with E-state index in [1.165, 1.54) is 5.56 Å². The monoisotopic (exact) mass is 251 g/mol. The van der Waals surface area contributed by atoms with Gasteiger partial charge in [0.05, 0.1) is 0 Å². The maximum absolute atomic E-state index is 5.72. The first-order valence-electron chi connectivity index (χ1n) is 6.16. The summed E-state index contributed by atoms with van der Waals surface area (Å²) in [5.74, 6) is 1.09. The maximum atomic E-state index is 5.72. The Balaban J connectivity index is 2.23. The number of hydrogen-bond donors (Lipinski definition) is 1. The van der Waals surface area contributed by atoms with Crippen molar-refractivity contribution in [3.8, 4) is 0 Å². The number of nitrogens with zero attached hydrogens (tertiary/aromatic N) is 2. The van der Waals surface area contributed by atoms with Crippen LogP contribution in [0.4, 0.5) is 5.82 Å². The number of anilines is 1. The molecule has 0 amide bonds. The van der Waals surface area contributed by atoms with Gasteiger partial charge in [0.25, 0.3) is 0 Å². The van der Waals surface area contributed by atoms with E-state index in [1.54, 1.807) is 0 Å². The molecule has 0 aromatic carbocycles. The first kappa shape index (κ1) is 12.7. The van der Waals surface area contributed by atoms with Crippen LogP contribution in [-0.4, -0.2) is 28.6 Å². The zero-order chi connectivity index (χ0) is 12.4. The highest BCUT2D eigenvalue weighted by Gasteiger charge is 2.23. The Kier molecular flexibility index (Phi) is 3.94. The number of nitrogens with two attached hydrogens (primary N) is 1. The lowest BCUT2D eigenvalue weighted by Crippen LogP contribution is -2.41. The molecule has 2 unspecified atom stereocenters. The highest BCUT2D eigenvalue weighted by molar-refractivity contribution is 8.00. The van der Waals surface area contributed by atoms with E-state index in [4.69, 9.17) is 5.73 Å². The summed E-state index contributed by atoms with van der Waals surface area (Å²) in [7, 11) is 0. The van der Waals surface area contributed by atoms with Crippen molar-refractivity contribution < 1.29 is 0 Å². The van der Waals surface area contributed by atoms with Gasteiger partial charge in [0.2, 0.25) is 0 Å². The largest absolute Gasteiger partial charge is 0.354 e. The molecule has 2 heterocycles. The van der Waals surface area contributed by atoms with Crippen LogP contribution in [0.3, 0.4) is 0 Å². The number of rotatable bonds is 2. The first-order valence-corrected chi connectivity index (χ1v) is 7.11. The molecular weight excluding hydrogens is 230 g/mol. The Morgan fingerprint density at radius 1 is 1.35 bits per heavy atom. The highest BCUT2D eigenvalue weighted by atomic mass is 32.2. The SMILES string of the molecule is Cc1cc(CN)cc(N2CC(C)SC(C)C2)n1. The topological polar surface area (TPSA) is 42.1 Å². The van der Waals surface area contributed by atoms with Gasteiger partial charge < -0.3 is 10.6 Å². The molecule has 0 bridgehead atoms. The van der Waals surface area contributed by atoms with Crippen LogP contribution in [0.5, 0.6) is 0 Å². The van der Waals surface area contributed by atoms with E-state index < -0.39 is 0 Å². The second-order valence-electron chi connectivity index (χ2n) is 4.84. The van der Waals surface area contributed by atoms with Gasteiger partial charge in [-0.2, -0.15) is 11.8 Å². The molecule has 1 aliphatic heterocycles. The third kappa shape index (κ3) is 3.13. The minimum atomic E-state index is 0.587. The molecule has 94 valence electrons. The van der Waals surface area contributed by atoms with Crippen LogP contribution in [0.2, 0.25) is 0 Å². The molecule has 3 nitrogen and oxygen atoms in total. The fraction of sp³-hybridized carbons (Fsp3) is 0.615. The van der Waals surface area contributed by atoms with Gasteiger partial charge in [-0.05, 0) is 24.6 Å². The van der Waals surface area contributed by atoms with Gasteiger partial charge in [-0.3, -0.25) is 0 Å². The van der Waals surface area contributed by atoms with E-state index in [0.29, 0.717) is 17.0 Å². The predicted molar refractivity (Wildman–Crippen MR) is 75.6 cm³/mol. The highest BCUT2D eigenvalue weighted by Crippen LogP contribution is 2.28. The summed E-state index contributed by atoms with van der Waals surface area (Å²) in [5.41, 5.74) is 7.95. The van der Waals surface area contributed by atoms with Gasteiger partial charge in [-0.25, -0.2) is 4.98 Å². The van der Waals surface area contributed by atoms with Crippen LogP contribution < -0.4 is 10.6 Å².